The smallest absolute Gasteiger partial charge is 0.197 e. The molecule has 1 aliphatic carbocycles. The van der Waals surface area contributed by atoms with Crippen LogP contribution in [0.15, 0.2) is 21.2 Å². The molecule has 4 nitrogen and oxygen atoms in total. The van der Waals surface area contributed by atoms with E-state index in [4.69, 9.17) is 14.4 Å². The minimum atomic E-state index is 0.681. The van der Waals surface area contributed by atoms with Gasteiger partial charge in [-0.05, 0) is 60.2 Å². The van der Waals surface area contributed by atoms with Crippen molar-refractivity contribution >= 4 is 21.7 Å². The predicted molar refractivity (Wildman–Crippen MR) is 87.5 cm³/mol. The van der Waals surface area contributed by atoms with Crippen molar-refractivity contribution in [2.45, 2.75) is 45.4 Å². The average Bonchev–Trinajstić information content (AvgIpc) is 2.78. The lowest BCUT2D eigenvalue weighted by Gasteiger charge is -2.13. The van der Waals surface area contributed by atoms with E-state index in [-0.39, 0.29) is 0 Å². The summed E-state index contributed by atoms with van der Waals surface area (Å²) in [4.78, 5) is 9.47. The van der Waals surface area contributed by atoms with Crippen LogP contribution in [-0.2, 0) is 12.8 Å². The normalized spacial score (nSPS) is 14.6. The zero-order valence-electron chi connectivity index (χ0n) is 12.3. The van der Waals surface area contributed by atoms with Crippen molar-refractivity contribution in [3.05, 3.63) is 28.1 Å². The second kappa shape index (κ2) is 6.60. The van der Waals surface area contributed by atoms with Gasteiger partial charge in [0.2, 0.25) is 0 Å². The lowest BCUT2D eigenvalue weighted by Crippen LogP contribution is -2.10. The first-order valence-electron chi connectivity index (χ1n) is 7.67. The van der Waals surface area contributed by atoms with Gasteiger partial charge in [0, 0.05) is 17.8 Å². The summed E-state index contributed by atoms with van der Waals surface area (Å²) in [7, 11) is 0. The van der Waals surface area contributed by atoms with E-state index in [1.54, 1.807) is 0 Å². The molecule has 0 fully saturated rings. The molecule has 0 saturated carbocycles. The fraction of sp³-hybridized carbons (Fsp3) is 0.500. The van der Waals surface area contributed by atoms with Crippen LogP contribution in [0.5, 0.6) is 0 Å². The molecule has 0 atom stereocenters. The molecule has 0 unspecified atom stereocenters. The third-order valence-electron chi connectivity index (χ3n) is 3.77. The Hall–Kier alpha value is -1.36. The molecule has 0 aliphatic heterocycles. The van der Waals surface area contributed by atoms with Gasteiger partial charge in [-0.15, -0.1) is 0 Å². The molecule has 0 bridgehead atoms. The third-order valence-corrected chi connectivity index (χ3v) is 4.20. The molecule has 2 aromatic heterocycles. The number of rotatable bonds is 4. The number of fused-ring (bicyclic) bond motifs is 1. The first-order valence-corrected chi connectivity index (χ1v) is 8.46. The standard InChI is InChI=1S/C16H20BrN3O/c1-2-10-18-15-11-6-4-3-5-7-12(11)19-16(20-15)13-8-9-14(17)21-13/h8-9H,2-7,10H2,1H3,(H,18,19,20). The summed E-state index contributed by atoms with van der Waals surface area (Å²) in [5.41, 5.74) is 2.49. The van der Waals surface area contributed by atoms with Crippen LogP contribution in [0, 0.1) is 0 Å². The Labute approximate surface area is 133 Å². The zero-order chi connectivity index (χ0) is 14.7. The van der Waals surface area contributed by atoms with Gasteiger partial charge in [-0.1, -0.05) is 13.3 Å². The number of aromatic nitrogens is 2. The molecule has 0 aromatic carbocycles. The number of aryl methyl sites for hydroxylation is 1. The van der Waals surface area contributed by atoms with E-state index in [1.165, 1.54) is 30.5 Å². The number of hydrogen-bond acceptors (Lipinski definition) is 4. The van der Waals surface area contributed by atoms with Gasteiger partial charge in [0.15, 0.2) is 16.3 Å². The molecule has 2 aromatic rings. The highest BCUT2D eigenvalue weighted by Gasteiger charge is 2.18. The van der Waals surface area contributed by atoms with Crippen LogP contribution < -0.4 is 5.32 Å². The number of nitrogens with zero attached hydrogens (tertiary/aromatic N) is 2. The molecule has 1 N–H and O–H groups in total. The summed E-state index contributed by atoms with van der Waals surface area (Å²) in [5, 5.41) is 3.46. The highest BCUT2D eigenvalue weighted by Crippen LogP contribution is 2.29. The highest BCUT2D eigenvalue weighted by atomic mass is 79.9. The first kappa shape index (κ1) is 14.6. The van der Waals surface area contributed by atoms with Crippen LogP contribution in [0.25, 0.3) is 11.6 Å². The summed E-state index contributed by atoms with van der Waals surface area (Å²) < 4.78 is 6.32. The Morgan fingerprint density at radius 3 is 2.81 bits per heavy atom. The number of nitrogens with one attached hydrogen (secondary N) is 1. The minimum absolute atomic E-state index is 0.681. The summed E-state index contributed by atoms with van der Waals surface area (Å²) in [6.45, 7) is 3.10. The van der Waals surface area contributed by atoms with Gasteiger partial charge >= 0.3 is 0 Å². The molecular formula is C16H20BrN3O. The lowest BCUT2D eigenvalue weighted by atomic mass is 10.1. The molecule has 21 heavy (non-hydrogen) atoms. The summed E-state index contributed by atoms with van der Waals surface area (Å²) in [6, 6.07) is 3.79. The van der Waals surface area contributed by atoms with Crippen molar-refractivity contribution in [1.29, 1.82) is 0 Å². The van der Waals surface area contributed by atoms with Crippen LogP contribution in [0.1, 0.15) is 43.9 Å². The fourth-order valence-electron chi connectivity index (χ4n) is 2.71. The maximum absolute atomic E-state index is 5.62. The number of anilines is 1. The molecule has 0 spiro atoms. The highest BCUT2D eigenvalue weighted by molar-refractivity contribution is 9.10. The maximum Gasteiger partial charge on any atom is 0.197 e. The van der Waals surface area contributed by atoms with E-state index >= 15 is 0 Å². The van der Waals surface area contributed by atoms with Crippen LogP contribution in [0.2, 0.25) is 0 Å². The maximum atomic E-state index is 5.62. The van der Waals surface area contributed by atoms with Crippen molar-refractivity contribution in [1.82, 2.24) is 9.97 Å². The van der Waals surface area contributed by atoms with Crippen LogP contribution in [0.4, 0.5) is 5.82 Å². The van der Waals surface area contributed by atoms with E-state index in [0.717, 1.165) is 31.6 Å². The quantitative estimate of drug-likeness (QED) is 0.820. The van der Waals surface area contributed by atoms with E-state index in [0.29, 0.717) is 16.3 Å². The molecular weight excluding hydrogens is 330 g/mol. The van der Waals surface area contributed by atoms with E-state index < -0.39 is 0 Å². The van der Waals surface area contributed by atoms with E-state index in [1.807, 2.05) is 12.1 Å². The summed E-state index contributed by atoms with van der Waals surface area (Å²) in [6.07, 6.45) is 6.89. The van der Waals surface area contributed by atoms with Gasteiger partial charge in [-0.2, -0.15) is 0 Å². The van der Waals surface area contributed by atoms with Gasteiger partial charge in [0.1, 0.15) is 5.82 Å². The topological polar surface area (TPSA) is 51.0 Å². The first-order chi connectivity index (χ1) is 10.3. The van der Waals surface area contributed by atoms with Gasteiger partial charge in [0.25, 0.3) is 0 Å². The molecule has 0 radical (unpaired) electrons. The number of halogens is 1. The third kappa shape index (κ3) is 3.28. The Morgan fingerprint density at radius 2 is 2.05 bits per heavy atom. The minimum Gasteiger partial charge on any atom is -0.446 e. The van der Waals surface area contributed by atoms with E-state index in [2.05, 4.69) is 28.2 Å². The number of hydrogen-bond donors (Lipinski definition) is 1. The Bertz CT molecular complexity index is 624. The molecule has 112 valence electrons. The van der Waals surface area contributed by atoms with Crippen molar-refractivity contribution < 1.29 is 4.42 Å². The summed E-state index contributed by atoms with van der Waals surface area (Å²) >= 11 is 3.34. The lowest BCUT2D eigenvalue weighted by molar-refractivity contribution is 0.550. The molecule has 0 amide bonds. The van der Waals surface area contributed by atoms with Crippen molar-refractivity contribution in [2.75, 3.05) is 11.9 Å². The van der Waals surface area contributed by atoms with Gasteiger partial charge < -0.3 is 9.73 Å². The Morgan fingerprint density at radius 1 is 1.19 bits per heavy atom. The Kier molecular flexibility index (Phi) is 4.58. The van der Waals surface area contributed by atoms with Crippen molar-refractivity contribution in [3.8, 4) is 11.6 Å². The molecule has 3 rings (SSSR count). The summed E-state index contributed by atoms with van der Waals surface area (Å²) in [5.74, 6) is 2.39. The SMILES string of the molecule is CCCNc1nc(-c2ccc(Br)o2)nc2c1CCCCC2. The monoisotopic (exact) mass is 349 g/mol. The van der Waals surface area contributed by atoms with Gasteiger partial charge in [0.05, 0.1) is 0 Å². The predicted octanol–water partition coefficient (Wildman–Crippen LogP) is 4.59. The number of furan rings is 1. The van der Waals surface area contributed by atoms with Crippen LogP contribution >= 0.6 is 15.9 Å². The fourth-order valence-corrected chi connectivity index (χ4v) is 3.01. The largest absolute Gasteiger partial charge is 0.446 e. The molecule has 2 heterocycles. The van der Waals surface area contributed by atoms with Crippen LogP contribution in [-0.4, -0.2) is 16.5 Å². The van der Waals surface area contributed by atoms with E-state index in [9.17, 15) is 0 Å². The second-order valence-corrected chi connectivity index (χ2v) is 6.19. The van der Waals surface area contributed by atoms with Crippen LogP contribution in [0.3, 0.4) is 0 Å². The second-order valence-electron chi connectivity index (χ2n) is 5.41. The van der Waals surface area contributed by atoms with Crippen molar-refractivity contribution in [2.24, 2.45) is 0 Å². The Balaban J connectivity index is 2.03. The zero-order valence-corrected chi connectivity index (χ0v) is 13.9. The van der Waals surface area contributed by atoms with Gasteiger partial charge in [-0.3, -0.25) is 0 Å². The average molecular weight is 350 g/mol. The molecule has 0 saturated heterocycles. The molecule has 5 heteroatoms. The molecule has 1 aliphatic rings. The van der Waals surface area contributed by atoms with Gasteiger partial charge in [-0.25, -0.2) is 9.97 Å². The van der Waals surface area contributed by atoms with Crippen molar-refractivity contribution in [3.63, 3.8) is 0 Å².